The molecule has 4 amide bonds. The van der Waals surface area contributed by atoms with Gasteiger partial charge in [-0.2, -0.15) is 13.2 Å². The number of anilines is 1. The maximum atomic E-state index is 14.0. The number of alkyl halides is 3. The van der Waals surface area contributed by atoms with E-state index in [4.69, 9.17) is 0 Å². The number of nitrogens with zero attached hydrogens (tertiary/aromatic N) is 1. The van der Waals surface area contributed by atoms with Crippen LogP contribution in [0.25, 0.3) is 0 Å². The molecule has 1 heterocycles. The molecular weight excluding hydrogens is 382 g/mol. The Kier molecular flexibility index (Phi) is 4.58. The topological polar surface area (TPSA) is 78.5 Å². The number of rotatable bonds is 3. The fourth-order valence-electron chi connectivity index (χ4n) is 2.68. The summed E-state index contributed by atoms with van der Waals surface area (Å²) in [6.45, 7) is 1.71. The van der Waals surface area contributed by atoms with Gasteiger partial charge in [0.25, 0.3) is 17.5 Å². The first-order valence-electron chi connectivity index (χ1n) is 7.94. The van der Waals surface area contributed by atoms with E-state index in [9.17, 15) is 31.9 Å². The van der Waals surface area contributed by atoms with Crippen LogP contribution in [-0.4, -0.2) is 29.7 Å². The minimum absolute atomic E-state index is 0.0121. The molecule has 0 unspecified atom stereocenters. The van der Waals surface area contributed by atoms with E-state index in [2.05, 4.69) is 0 Å². The van der Waals surface area contributed by atoms with E-state index < -0.39 is 41.2 Å². The molecule has 1 aliphatic heterocycles. The normalized spacial score (nSPS) is 19.5. The largest absolute Gasteiger partial charge is 0.440 e. The molecule has 1 aliphatic rings. The van der Waals surface area contributed by atoms with Crippen LogP contribution in [0.15, 0.2) is 48.5 Å². The number of halogens is 4. The molecule has 28 heavy (non-hydrogen) atoms. The van der Waals surface area contributed by atoms with Crippen molar-refractivity contribution >= 4 is 23.5 Å². The van der Waals surface area contributed by atoms with Crippen LogP contribution in [-0.2, 0) is 4.79 Å². The third-order valence-corrected chi connectivity index (χ3v) is 4.15. The summed E-state index contributed by atoms with van der Waals surface area (Å²) in [5.74, 6) is -4.18. The van der Waals surface area contributed by atoms with Gasteiger partial charge in [0.1, 0.15) is 5.82 Å². The van der Waals surface area contributed by atoms with Gasteiger partial charge in [-0.05, 0) is 31.2 Å². The Morgan fingerprint density at radius 2 is 1.68 bits per heavy atom. The minimum Gasteiger partial charge on any atom is -0.314 e. The Bertz CT molecular complexity index is 959. The van der Waals surface area contributed by atoms with Gasteiger partial charge in [0.15, 0.2) is 0 Å². The van der Waals surface area contributed by atoms with E-state index in [0.29, 0.717) is 0 Å². The van der Waals surface area contributed by atoms with Crippen molar-refractivity contribution in [1.82, 2.24) is 10.6 Å². The van der Waals surface area contributed by atoms with Gasteiger partial charge in [-0.3, -0.25) is 14.9 Å². The van der Waals surface area contributed by atoms with Crippen molar-refractivity contribution in [2.24, 2.45) is 0 Å². The SMILES string of the molecule is Cc1ccc(C(=O)N[C@]2(C(F)(F)F)NC(=O)N(c3ccccc3F)C2=O)cc1. The highest BCUT2D eigenvalue weighted by Gasteiger charge is 2.69. The predicted molar refractivity (Wildman–Crippen MR) is 89.8 cm³/mol. The van der Waals surface area contributed by atoms with Gasteiger partial charge in [-0.1, -0.05) is 29.8 Å². The molecule has 0 aromatic heterocycles. The Balaban J connectivity index is 2.02. The minimum atomic E-state index is -5.39. The molecule has 2 N–H and O–H groups in total. The third-order valence-electron chi connectivity index (χ3n) is 4.15. The van der Waals surface area contributed by atoms with Crippen molar-refractivity contribution in [1.29, 1.82) is 0 Å². The molecule has 146 valence electrons. The van der Waals surface area contributed by atoms with Gasteiger partial charge in [-0.25, -0.2) is 14.1 Å². The zero-order valence-corrected chi connectivity index (χ0v) is 14.3. The van der Waals surface area contributed by atoms with Gasteiger partial charge in [-0.15, -0.1) is 0 Å². The maximum Gasteiger partial charge on any atom is 0.440 e. The number of urea groups is 1. The number of hydrogen-bond donors (Lipinski definition) is 2. The number of aryl methyl sites for hydroxylation is 1. The van der Waals surface area contributed by atoms with Crippen LogP contribution in [0.3, 0.4) is 0 Å². The van der Waals surface area contributed by atoms with Gasteiger partial charge in [0.2, 0.25) is 0 Å². The van der Waals surface area contributed by atoms with Gasteiger partial charge >= 0.3 is 12.2 Å². The van der Waals surface area contributed by atoms with E-state index in [-0.39, 0.29) is 10.5 Å². The number of amides is 4. The number of nitrogens with one attached hydrogen (secondary N) is 2. The molecule has 1 saturated heterocycles. The van der Waals surface area contributed by atoms with Crippen LogP contribution in [0.4, 0.5) is 28.0 Å². The van der Waals surface area contributed by atoms with Crippen molar-refractivity contribution in [2.75, 3.05) is 4.90 Å². The number of carbonyl (C=O) groups is 3. The summed E-state index contributed by atoms with van der Waals surface area (Å²) >= 11 is 0. The van der Waals surface area contributed by atoms with Crippen molar-refractivity contribution in [3.63, 3.8) is 0 Å². The maximum absolute atomic E-state index is 14.0. The van der Waals surface area contributed by atoms with Crippen molar-refractivity contribution in [3.8, 4) is 0 Å². The molecule has 2 aromatic rings. The van der Waals surface area contributed by atoms with Crippen LogP contribution >= 0.6 is 0 Å². The molecule has 0 spiro atoms. The molecule has 6 nitrogen and oxygen atoms in total. The lowest BCUT2D eigenvalue weighted by atomic mass is 10.1. The Morgan fingerprint density at radius 3 is 2.25 bits per heavy atom. The van der Waals surface area contributed by atoms with E-state index in [1.807, 2.05) is 0 Å². The van der Waals surface area contributed by atoms with Crippen molar-refractivity contribution in [2.45, 2.75) is 18.8 Å². The van der Waals surface area contributed by atoms with E-state index in [1.54, 1.807) is 12.2 Å². The average Bonchev–Trinajstić information content (AvgIpc) is 2.87. The summed E-state index contributed by atoms with van der Waals surface area (Å²) < 4.78 is 55.4. The van der Waals surface area contributed by atoms with E-state index in [0.717, 1.165) is 17.7 Å². The zero-order chi connectivity index (χ0) is 20.7. The quantitative estimate of drug-likeness (QED) is 0.620. The molecule has 0 bridgehead atoms. The Hall–Kier alpha value is -3.43. The lowest BCUT2D eigenvalue weighted by Gasteiger charge is -2.29. The van der Waals surface area contributed by atoms with Crippen molar-refractivity contribution in [3.05, 3.63) is 65.5 Å². The first-order chi connectivity index (χ1) is 13.1. The highest BCUT2D eigenvalue weighted by atomic mass is 19.4. The monoisotopic (exact) mass is 395 g/mol. The summed E-state index contributed by atoms with van der Waals surface area (Å²) in [6.07, 6.45) is -5.39. The number of imide groups is 1. The van der Waals surface area contributed by atoms with Crippen LogP contribution in [0, 0.1) is 12.7 Å². The lowest BCUT2D eigenvalue weighted by molar-refractivity contribution is -0.197. The van der Waals surface area contributed by atoms with Crippen molar-refractivity contribution < 1.29 is 31.9 Å². The molecule has 10 heteroatoms. The fourth-order valence-corrected chi connectivity index (χ4v) is 2.68. The fraction of sp³-hybridized carbons (Fsp3) is 0.167. The van der Waals surface area contributed by atoms with Crippen LogP contribution in [0.5, 0.6) is 0 Å². The van der Waals surface area contributed by atoms with Crippen LogP contribution in [0.1, 0.15) is 15.9 Å². The molecule has 2 aromatic carbocycles. The summed E-state index contributed by atoms with van der Waals surface area (Å²) in [4.78, 5) is 37.1. The smallest absolute Gasteiger partial charge is 0.314 e. The predicted octanol–water partition coefficient (Wildman–Crippen LogP) is 2.88. The molecule has 0 saturated carbocycles. The van der Waals surface area contributed by atoms with E-state index >= 15 is 0 Å². The van der Waals surface area contributed by atoms with E-state index in [1.165, 1.54) is 41.7 Å². The molecule has 1 atom stereocenters. The number of carbonyl (C=O) groups excluding carboxylic acids is 3. The summed E-state index contributed by atoms with van der Waals surface area (Å²) in [7, 11) is 0. The molecular formula is C18H13F4N3O3. The molecule has 1 fully saturated rings. The summed E-state index contributed by atoms with van der Waals surface area (Å²) in [6, 6.07) is 8.36. The van der Waals surface area contributed by atoms with Crippen LogP contribution < -0.4 is 15.5 Å². The highest BCUT2D eigenvalue weighted by Crippen LogP contribution is 2.36. The van der Waals surface area contributed by atoms with Gasteiger partial charge < -0.3 is 5.32 Å². The highest BCUT2D eigenvalue weighted by molar-refractivity contribution is 6.24. The second kappa shape index (κ2) is 6.63. The first-order valence-corrected chi connectivity index (χ1v) is 7.94. The molecule has 0 radical (unpaired) electrons. The third kappa shape index (κ3) is 3.06. The standard InChI is InChI=1S/C18H13F4N3O3/c1-10-6-8-11(9-7-10)14(26)23-17(18(20,21)22)15(27)25(16(28)24-17)13-5-3-2-4-12(13)19/h2-9H,1H3,(H,23,26)(H,24,28)/t17-/m0/s1. The molecule has 3 rings (SSSR count). The Morgan fingerprint density at radius 1 is 1.07 bits per heavy atom. The Labute approximate surface area is 156 Å². The second-order valence-corrected chi connectivity index (χ2v) is 6.09. The number of para-hydroxylation sites is 1. The number of hydrogen-bond acceptors (Lipinski definition) is 3. The zero-order valence-electron chi connectivity index (χ0n) is 14.3. The first kappa shape index (κ1) is 19.3. The molecule has 0 aliphatic carbocycles. The lowest BCUT2D eigenvalue weighted by Crippen LogP contribution is -2.69. The van der Waals surface area contributed by atoms with Gasteiger partial charge in [0, 0.05) is 5.56 Å². The second-order valence-electron chi connectivity index (χ2n) is 6.09. The summed E-state index contributed by atoms with van der Waals surface area (Å²) in [5, 5.41) is 3.02. The number of benzene rings is 2. The summed E-state index contributed by atoms with van der Waals surface area (Å²) in [5.41, 5.74) is -3.78. The average molecular weight is 395 g/mol. The van der Waals surface area contributed by atoms with Gasteiger partial charge in [0.05, 0.1) is 5.69 Å². The van der Waals surface area contributed by atoms with Crippen LogP contribution in [0.2, 0.25) is 0 Å².